The fourth-order valence-electron chi connectivity index (χ4n) is 6.54. The van der Waals surface area contributed by atoms with E-state index in [0.29, 0.717) is 41.1 Å². The first-order valence-corrected chi connectivity index (χ1v) is 20.1. The number of hydrogen-bond donors (Lipinski definition) is 4. The van der Waals surface area contributed by atoms with E-state index in [1.165, 1.54) is 29.9 Å². The molecule has 7 heterocycles. The zero-order chi connectivity index (χ0) is 36.9. The zero-order valence-corrected chi connectivity index (χ0v) is 30.0. The van der Waals surface area contributed by atoms with E-state index in [9.17, 15) is 19.7 Å². The first-order chi connectivity index (χ1) is 25.5. The summed E-state index contributed by atoms with van der Waals surface area (Å²) in [5.41, 5.74) is 3.63. The van der Waals surface area contributed by atoms with Crippen molar-refractivity contribution in [3.05, 3.63) is 66.9 Å². The van der Waals surface area contributed by atoms with Crippen molar-refractivity contribution < 1.29 is 47.2 Å². The molecule has 3 saturated heterocycles. The van der Waals surface area contributed by atoms with Gasteiger partial charge in [-0.3, -0.25) is 13.7 Å². The molecule has 23 heteroatoms. The first-order valence-electron chi connectivity index (χ1n) is 16.4. The molecule has 3 aliphatic rings. The number of aromatic nitrogens is 8. The molecule has 0 saturated carbocycles. The first kappa shape index (κ1) is 36.7. The second-order valence-corrected chi connectivity index (χ2v) is 15.9. The van der Waals surface area contributed by atoms with Crippen LogP contribution in [-0.4, -0.2) is 118 Å². The number of fused-ring (bicyclic) bond motifs is 5. The van der Waals surface area contributed by atoms with Crippen molar-refractivity contribution in [1.82, 2.24) is 39.0 Å². The molecule has 3 fully saturated rings. The SMILES string of the molecule is [BH3-]P1(=O)OC[C@H]2O[C@@H](n3cnc4c(NCC)ncnc43)[C@H](OP(O)(=S)OC[C@H]3O[C@@H](n4cnc5c(CCc6ccccc6)ncnc54)[C@H](O)[C@@H]3O1)[C@@H]2O. The van der Waals surface area contributed by atoms with Gasteiger partial charge in [-0.15, -0.1) is 0 Å². The van der Waals surface area contributed by atoms with Crippen LogP contribution in [0.5, 0.6) is 0 Å². The number of aliphatic hydroxyl groups excluding tert-OH is 2. The highest BCUT2D eigenvalue weighted by atomic mass is 32.5. The van der Waals surface area contributed by atoms with Crippen molar-refractivity contribution in [3.63, 3.8) is 0 Å². The Morgan fingerprint density at radius 2 is 1.53 bits per heavy atom. The molecule has 2 unspecified atom stereocenters. The predicted molar refractivity (Wildman–Crippen MR) is 194 cm³/mol. The van der Waals surface area contributed by atoms with Crippen molar-refractivity contribution >= 4 is 61.7 Å². The van der Waals surface area contributed by atoms with E-state index in [2.05, 4.69) is 35.2 Å². The highest BCUT2D eigenvalue weighted by molar-refractivity contribution is 8.07. The Labute approximate surface area is 308 Å². The Balaban J connectivity index is 1.06. The Kier molecular flexibility index (Phi) is 10.2. The summed E-state index contributed by atoms with van der Waals surface area (Å²) in [6.07, 6.45) is -2.65. The maximum atomic E-state index is 13.9. The van der Waals surface area contributed by atoms with Crippen LogP contribution in [0.25, 0.3) is 22.3 Å². The maximum Gasteiger partial charge on any atom is 0.325 e. The Morgan fingerprint density at radius 1 is 0.849 bits per heavy atom. The van der Waals surface area contributed by atoms with Gasteiger partial charge in [0.2, 0.25) is 0 Å². The molecule has 0 amide bonds. The summed E-state index contributed by atoms with van der Waals surface area (Å²) >= 11 is 5.42. The number of anilines is 1. The number of rotatable bonds is 7. The summed E-state index contributed by atoms with van der Waals surface area (Å²) in [7, 11) is -4.91. The number of aliphatic hydroxyl groups is 2. The minimum atomic E-state index is -4.15. The van der Waals surface area contributed by atoms with Crippen LogP contribution in [0.1, 0.15) is 30.6 Å². The number of ether oxygens (including phenoxy) is 2. The molecular formula is C30H37BN9O10P2S-. The van der Waals surface area contributed by atoms with Crippen LogP contribution < -0.4 is 5.32 Å². The Morgan fingerprint density at radius 3 is 2.30 bits per heavy atom. The van der Waals surface area contributed by atoms with Crippen LogP contribution in [0, 0.1) is 0 Å². The van der Waals surface area contributed by atoms with E-state index in [1.807, 2.05) is 37.3 Å². The number of aryl methyl sites for hydroxylation is 2. The van der Waals surface area contributed by atoms with E-state index in [1.54, 1.807) is 4.57 Å². The van der Waals surface area contributed by atoms with Gasteiger partial charge < -0.3 is 48.0 Å². The van der Waals surface area contributed by atoms with Crippen molar-refractivity contribution in [2.24, 2.45) is 0 Å². The molecule has 2 bridgehead atoms. The standard InChI is InChI=1S/C30H37BN9O10P2S/c1-2-32-26-21-28(36-13-34-26)40(15-38-21)30-25-22(41)18(47-30)10-45-51(31,43)49-24-19(11-46-52(44,53)50-25)48-29(23(24)42)39-14-37-20-17(33-12-35-27(20)39)9-8-16-6-4-3-5-7-16/h3-7,12-15,18-19,22-25,29-30,41-42H,2,8-11H2,1,31H3,(H,44,53)(H,32,34,36)/q-1/t18-,19-,22-,23-,24-,25-,29-,30-,51?,52?/m1/s1. The van der Waals surface area contributed by atoms with Gasteiger partial charge in [0.25, 0.3) is 0 Å². The smallest absolute Gasteiger partial charge is 0.325 e. The van der Waals surface area contributed by atoms with E-state index in [-0.39, 0.29) is 6.61 Å². The van der Waals surface area contributed by atoms with E-state index >= 15 is 0 Å². The lowest BCUT2D eigenvalue weighted by Crippen LogP contribution is -2.36. The van der Waals surface area contributed by atoms with Gasteiger partial charge in [-0.2, -0.15) is 0 Å². The zero-order valence-electron chi connectivity index (χ0n) is 27.4. The van der Waals surface area contributed by atoms with E-state index < -0.39 is 77.4 Å². The Bertz CT molecular complexity index is 2200. The maximum absolute atomic E-state index is 13.9. The van der Waals surface area contributed by atoms with Crippen LogP contribution in [0.3, 0.4) is 0 Å². The van der Waals surface area contributed by atoms with Gasteiger partial charge in [0, 0.05) is 6.54 Å². The quantitative estimate of drug-likeness (QED) is 0.133. The molecule has 53 heavy (non-hydrogen) atoms. The number of nitrogens with one attached hydrogen (secondary N) is 1. The lowest BCUT2D eigenvalue weighted by Gasteiger charge is -2.29. The Hall–Kier alpha value is -3.30. The van der Waals surface area contributed by atoms with E-state index in [0.717, 1.165) is 17.7 Å². The van der Waals surface area contributed by atoms with Crippen LogP contribution in [-0.2, 0) is 56.8 Å². The van der Waals surface area contributed by atoms with Crippen molar-refractivity contribution in [2.45, 2.75) is 68.8 Å². The lowest BCUT2D eigenvalue weighted by molar-refractivity contribution is -0.0595. The monoisotopic (exact) mass is 788 g/mol. The van der Waals surface area contributed by atoms with Gasteiger partial charge >= 0.3 is 6.72 Å². The van der Waals surface area contributed by atoms with Gasteiger partial charge in [-0.25, -0.2) is 29.9 Å². The highest BCUT2D eigenvalue weighted by Crippen LogP contribution is 2.53. The number of imidazole rings is 2. The topological polar surface area (TPSA) is 232 Å². The summed E-state index contributed by atoms with van der Waals surface area (Å²) in [5, 5.41) is 26.2. The molecule has 4 N–H and O–H groups in total. The molecule has 19 nitrogen and oxygen atoms in total. The molecule has 0 aliphatic carbocycles. The van der Waals surface area contributed by atoms with Gasteiger partial charge in [0.05, 0.1) is 39.1 Å². The van der Waals surface area contributed by atoms with Crippen LogP contribution in [0.15, 0.2) is 55.6 Å². The molecular weight excluding hydrogens is 751 g/mol. The summed E-state index contributed by atoms with van der Waals surface area (Å²) < 4.78 is 53.1. The average Bonchev–Trinajstić information content (AvgIpc) is 3.91. The molecule has 0 radical (unpaired) electrons. The van der Waals surface area contributed by atoms with E-state index in [4.69, 9.17) is 39.4 Å². The van der Waals surface area contributed by atoms with Gasteiger partial charge in [0.15, 0.2) is 35.1 Å². The van der Waals surface area contributed by atoms with Crippen molar-refractivity contribution in [3.8, 4) is 0 Å². The fraction of sp³-hybridized carbons (Fsp3) is 0.467. The van der Waals surface area contributed by atoms with Crippen LogP contribution >= 0.6 is 14.2 Å². The minimum absolute atomic E-state index is 0.357. The number of benzene rings is 1. The fourth-order valence-corrected chi connectivity index (χ4v) is 8.74. The predicted octanol–water partition coefficient (Wildman–Crippen LogP) is 0.907. The van der Waals surface area contributed by atoms with Gasteiger partial charge in [0.1, 0.15) is 62.3 Å². The number of hydrogen-bond acceptors (Lipinski definition) is 17. The summed E-state index contributed by atoms with van der Waals surface area (Å²) in [4.78, 5) is 37.8. The summed E-state index contributed by atoms with van der Waals surface area (Å²) in [6, 6.07) is 10.00. The third kappa shape index (κ3) is 7.29. The molecule has 282 valence electrons. The molecule has 3 aliphatic heterocycles. The highest BCUT2D eigenvalue weighted by Gasteiger charge is 2.52. The summed E-state index contributed by atoms with van der Waals surface area (Å²) in [6.45, 7) is -2.44. The third-order valence-corrected chi connectivity index (χ3v) is 11.3. The van der Waals surface area contributed by atoms with Crippen LogP contribution in [0.2, 0.25) is 0 Å². The van der Waals surface area contributed by atoms with Crippen molar-refractivity contribution in [1.29, 1.82) is 0 Å². The molecule has 0 spiro atoms. The molecule has 1 aromatic carbocycles. The largest absolute Gasteiger partial charge is 0.387 e. The average molecular weight is 789 g/mol. The second kappa shape index (κ2) is 14.7. The number of nitrogens with zero attached hydrogens (tertiary/aromatic N) is 8. The molecule has 10 atom stereocenters. The van der Waals surface area contributed by atoms with Gasteiger partial charge in [-0.1, -0.05) is 30.3 Å². The normalized spacial score (nSPS) is 33.7. The molecule has 4 aromatic heterocycles. The second-order valence-electron chi connectivity index (χ2n) is 12.2. The third-order valence-electron chi connectivity index (χ3n) is 9.01. The molecule has 5 aromatic rings. The minimum Gasteiger partial charge on any atom is -0.387 e. The van der Waals surface area contributed by atoms with Crippen LogP contribution in [0.4, 0.5) is 5.82 Å². The van der Waals surface area contributed by atoms with Crippen molar-refractivity contribution in [2.75, 3.05) is 25.1 Å². The van der Waals surface area contributed by atoms with Gasteiger partial charge in [-0.05, 0) is 37.1 Å². The lowest BCUT2D eigenvalue weighted by atomic mass is 10.1. The summed E-state index contributed by atoms with van der Waals surface area (Å²) in [5.74, 6) is 0.495. The molecule has 8 rings (SSSR count).